The van der Waals surface area contributed by atoms with Gasteiger partial charge in [0.1, 0.15) is 0 Å². The number of amides is 1. The quantitative estimate of drug-likeness (QED) is 0.837. The predicted octanol–water partition coefficient (Wildman–Crippen LogP) is 4.17. The Morgan fingerprint density at radius 3 is 2.22 bits per heavy atom. The van der Waals surface area contributed by atoms with Crippen LogP contribution in [0.3, 0.4) is 0 Å². The van der Waals surface area contributed by atoms with Gasteiger partial charge in [0, 0.05) is 19.1 Å². The third-order valence-corrected chi connectivity index (χ3v) is 3.92. The van der Waals surface area contributed by atoms with Gasteiger partial charge in [0.05, 0.1) is 0 Å². The summed E-state index contributed by atoms with van der Waals surface area (Å²) in [4.78, 5) is 12.6. The fourth-order valence-electron chi connectivity index (χ4n) is 1.89. The standard InChI is InChI=1S/C10H13NO2.C9H10S/c1-11-10(12)9(13-2)8-6-4-3-5-7-8;1-3-8-4-6-9(10-2)7-5-8/h3-7,9H,1-2H3,(H,11,12);3-7H,1H2,2H3. The minimum Gasteiger partial charge on any atom is -0.367 e. The van der Waals surface area contributed by atoms with Crippen LogP contribution in [-0.4, -0.2) is 26.3 Å². The van der Waals surface area contributed by atoms with Crippen molar-refractivity contribution in [1.82, 2.24) is 5.32 Å². The minimum absolute atomic E-state index is 0.131. The lowest BCUT2D eigenvalue weighted by Gasteiger charge is -2.13. The molecule has 1 atom stereocenters. The molecule has 0 heterocycles. The van der Waals surface area contributed by atoms with Crippen LogP contribution in [-0.2, 0) is 9.53 Å². The molecule has 0 saturated heterocycles. The Morgan fingerprint density at radius 2 is 1.78 bits per heavy atom. The summed E-state index contributed by atoms with van der Waals surface area (Å²) in [5.41, 5.74) is 2.04. The highest BCUT2D eigenvalue weighted by Gasteiger charge is 2.17. The van der Waals surface area contributed by atoms with Crippen molar-refractivity contribution in [2.75, 3.05) is 20.4 Å². The van der Waals surface area contributed by atoms with E-state index < -0.39 is 6.10 Å². The molecular formula is C19H23NO2S. The molecule has 0 aliphatic rings. The van der Waals surface area contributed by atoms with Gasteiger partial charge in [-0.15, -0.1) is 11.8 Å². The zero-order chi connectivity index (χ0) is 17.1. The maximum atomic E-state index is 11.3. The number of likely N-dealkylation sites (N-methyl/N-ethyl adjacent to an activating group) is 1. The van der Waals surface area contributed by atoms with Crippen LogP contribution in [0.5, 0.6) is 0 Å². The Morgan fingerprint density at radius 1 is 1.17 bits per heavy atom. The van der Waals surface area contributed by atoms with Crippen molar-refractivity contribution < 1.29 is 9.53 Å². The lowest BCUT2D eigenvalue weighted by molar-refractivity contribution is -0.130. The van der Waals surface area contributed by atoms with Gasteiger partial charge < -0.3 is 10.1 Å². The Bertz CT molecular complexity index is 597. The predicted molar refractivity (Wildman–Crippen MR) is 98.6 cm³/mol. The fraction of sp³-hybridized carbons (Fsp3) is 0.211. The van der Waals surface area contributed by atoms with E-state index in [9.17, 15) is 4.79 Å². The number of ether oxygens (including phenoxy) is 1. The molecule has 0 fully saturated rings. The summed E-state index contributed by atoms with van der Waals surface area (Å²) < 4.78 is 5.08. The van der Waals surface area contributed by atoms with Gasteiger partial charge in [-0.1, -0.05) is 55.1 Å². The maximum Gasteiger partial charge on any atom is 0.253 e. The number of benzene rings is 2. The van der Waals surface area contributed by atoms with Gasteiger partial charge in [-0.3, -0.25) is 4.79 Å². The second-order valence-corrected chi connectivity index (χ2v) is 5.50. The highest BCUT2D eigenvalue weighted by Crippen LogP contribution is 2.16. The third kappa shape index (κ3) is 6.30. The number of carbonyl (C=O) groups excluding carboxylic acids is 1. The number of hydrogen-bond donors (Lipinski definition) is 1. The molecule has 0 aromatic heterocycles. The molecule has 1 unspecified atom stereocenters. The molecule has 0 aliphatic carbocycles. The summed E-state index contributed by atoms with van der Waals surface area (Å²) in [6.45, 7) is 3.68. The second-order valence-electron chi connectivity index (χ2n) is 4.62. The molecular weight excluding hydrogens is 306 g/mol. The van der Waals surface area contributed by atoms with Crippen molar-refractivity contribution in [2.24, 2.45) is 0 Å². The summed E-state index contributed by atoms with van der Waals surface area (Å²) >= 11 is 1.75. The first kappa shape index (κ1) is 19.0. The van der Waals surface area contributed by atoms with E-state index in [0.717, 1.165) is 5.56 Å². The van der Waals surface area contributed by atoms with E-state index in [1.165, 1.54) is 17.6 Å². The molecule has 2 aromatic rings. The molecule has 1 N–H and O–H groups in total. The number of carbonyl (C=O) groups is 1. The molecule has 23 heavy (non-hydrogen) atoms. The Kier molecular flexibility index (Phi) is 8.80. The Hall–Kier alpha value is -2.04. The van der Waals surface area contributed by atoms with Gasteiger partial charge in [0.25, 0.3) is 5.91 Å². The number of thioether (sulfide) groups is 1. The van der Waals surface area contributed by atoms with E-state index >= 15 is 0 Å². The average molecular weight is 329 g/mol. The van der Waals surface area contributed by atoms with E-state index in [-0.39, 0.29) is 5.91 Å². The van der Waals surface area contributed by atoms with Crippen LogP contribution in [0.1, 0.15) is 17.2 Å². The van der Waals surface area contributed by atoms with Crippen molar-refractivity contribution in [3.8, 4) is 0 Å². The highest BCUT2D eigenvalue weighted by atomic mass is 32.2. The van der Waals surface area contributed by atoms with E-state index in [1.54, 1.807) is 18.8 Å². The van der Waals surface area contributed by atoms with Gasteiger partial charge in [-0.2, -0.15) is 0 Å². The molecule has 2 aromatic carbocycles. The van der Waals surface area contributed by atoms with Crippen molar-refractivity contribution in [2.45, 2.75) is 11.0 Å². The zero-order valence-corrected chi connectivity index (χ0v) is 14.6. The topological polar surface area (TPSA) is 38.3 Å². The Labute approximate surface area is 142 Å². The SMILES string of the molecule is C=Cc1ccc(SC)cc1.CNC(=O)C(OC)c1ccccc1. The maximum absolute atomic E-state index is 11.3. The smallest absolute Gasteiger partial charge is 0.253 e. The first-order valence-electron chi connectivity index (χ1n) is 7.22. The molecule has 0 bridgehead atoms. The van der Waals surface area contributed by atoms with E-state index in [2.05, 4.69) is 42.4 Å². The van der Waals surface area contributed by atoms with Gasteiger partial charge in [-0.25, -0.2) is 0 Å². The molecule has 3 nitrogen and oxygen atoms in total. The largest absolute Gasteiger partial charge is 0.367 e. The normalized spacial score (nSPS) is 10.9. The first-order chi connectivity index (χ1) is 11.2. The van der Waals surface area contributed by atoms with Crippen LogP contribution >= 0.6 is 11.8 Å². The second kappa shape index (κ2) is 10.6. The van der Waals surface area contributed by atoms with E-state index in [4.69, 9.17) is 4.74 Å². The first-order valence-corrected chi connectivity index (χ1v) is 8.44. The van der Waals surface area contributed by atoms with Crippen molar-refractivity contribution >= 4 is 23.7 Å². The van der Waals surface area contributed by atoms with Crippen LogP contribution in [0.4, 0.5) is 0 Å². The zero-order valence-electron chi connectivity index (χ0n) is 13.8. The lowest BCUT2D eigenvalue weighted by atomic mass is 10.1. The van der Waals surface area contributed by atoms with E-state index in [1.807, 2.05) is 36.4 Å². The van der Waals surface area contributed by atoms with Gasteiger partial charge in [-0.05, 0) is 29.5 Å². The summed E-state index contributed by atoms with van der Waals surface area (Å²) in [5, 5.41) is 2.55. The van der Waals surface area contributed by atoms with Crippen LogP contribution in [0.15, 0.2) is 66.1 Å². The van der Waals surface area contributed by atoms with E-state index in [0.29, 0.717) is 0 Å². The molecule has 122 valence electrons. The lowest BCUT2D eigenvalue weighted by Crippen LogP contribution is -2.26. The molecule has 0 radical (unpaired) electrons. The van der Waals surface area contributed by atoms with Crippen LogP contribution in [0, 0.1) is 0 Å². The number of methoxy groups -OCH3 is 1. The average Bonchev–Trinajstić information content (AvgIpc) is 2.63. The summed E-state index contributed by atoms with van der Waals surface area (Å²) in [7, 11) is 3.12. The van der Waals surface area contributed by atoms with Crippen molar-refractivity contribution in [3.05, 3.63) is 72.3 Å². The summed E-state index contributed by atoms with van der Waals surface area (Å²) in [6, 6.07) is 17.7. The Balaban J connectivity index is 0.000000238. The molecule has 0 aliphatic heterocycles. The third-order valence-electron chi connectivity index (χ3n) is 3.17. The van der Waals surface area contributed by atoms with Gasteiger partial charge in [0.15, 0.2) is 6.10 Å². The van der Waals surface area contributed by atoms with Gasteiger partial charge >= 0.3 is 0 Å². The molecule has 4 heteroatoms. The number of hydrogen-bond acceptors (Lipinski definition) is 3. The fourth-order valence-corrected chi connectivity index (χ4v) is 2.30. The molecule has 0 spiro atoms. The highest BCUT2D eigenvalue weighted by molar-refractivity contribution is 7.98. The van der Waals surface area contributed by atoms with Crippen LogP contribution in [0.25, 0.3) is 6.08 Å². The summed E-state index contributed by atoms with van der Waals surface area (Å²) in [6.07, 6.45) is 3.42. The number of nitrogens with one attached hydrogen (secondary N) is 1. The van der Waals surface area contributed by atoms with Crippen molar-refractivity contribution in [1.29, 1.82) is 0 Å². The van der Waals surface area contributed by atoms with Crippen LogP contribution in [0.2, 0.25) is 0 Å². The van der Waals surface area contributed by atoms with Crippen LogP contribution < -0.4 is 5.32 Å². The molecule has 2 rings (SSSR count). The summed E-state index contributed by atoms with van der Waals surface area (Å²) in [5.74, 6) is -0.131. The molecule has 1 amide bonds. The number of rotatable bonds is 5. The monoisotopic (exact) mass is 329 g/mol. The molecule has 0 saturated carbocycles. The minimum atomic E-state index is -0.508. The van der Waals surface area contributed by atoms with Gasteiger partial charge in [0.2, 0.25) is 0 Å². The van der Waals surface area contributed by atoms with Crippen molar-refractivity contribution in [3.63, 3.8) is 0 Å².